The van der Waals surface area contributed by atoms with Crippen LogP contribution in [-0.4, -0.2) is 69.5 Å². The third kappa shape index (κ3) is 5.52. The summed E-state index contributed by atoms with van der Waals surface area (Å²) < 4.78 is 82.5. The number of piperazine rings is 1. The SMILES string of the molecule is C=CC(=O)N1CCN(c2nc(=O)n3c4c(c(-c5c(F)cc(F)c6sc(=O)[nH]c56)c(C(F)(F)F)cc24)SCC(OC(C)C)C3)CC1. The molecule has 2 aliphatic heterocycles. The zero-order valence-electron chi connectivity index (χ0n) is 24.0. The quantitative estimate of drug-likeness (QED) is 0.236. The standard InChI is InChI=1S/C29H26F5N5O4S2/c1-4-19(40)37-5-7-38(8-6-37)26-15-9-16(29(32,33)34)20(21-17(30)10-18(31)24-22(21)35-28(42)45-24)25-23(15)39(27(41)36-26)11-14(12-44-25)43-13(2)3/h4,9-10,13-14H,1,5-8,11-12H2,2-3H3,(H,35,42). The van der Waals surface area contributed by atoms with Crippen molar-refractivity contribution in [1.82, 2.24) is 19.4 Å². The summed E-state index contributed by atoms with van der Waals surface area (Å²) in [5, 5.41) is -0.000514. The minimum absolute atomic E-state index is 0.000514. The molecule has 2 aromatic heterocycles. The van der Waals surface area contributed by atoms with Crippen molar-refractivity contribution >= 4 is 55.9 Å². The Morgan fingerprint density at radius 1 is 1.13 bits per heavy atom. The molecule has 2 aliphatic rings. The van der Waals surface area contributed by atoms with Crippen LogP contribution in [0.25, 0.3) is 32.2 Å². The molecule has 1 atom stereocenters. The van der Waals surface area contributed by atoms with Gasteiger partial charge in [-0.15, -0.1) is 11.8 Å². The van der Waals surface area contributed by atoms with Crippen LogP contribution in [0.3, 0.4) is 0 Å². The number of carbonyl (C=O) groups is 1. The molecule has 1 saturated heterocycles. The number of alkyl halides is 3. The molecule has 9 nitrogen and oxygen atoms in total. The van der Waals surface area contributed by atoms with Crippen LogP contribution in [0.15, 0.2) is 39.3 Å². The lowest BCUT2D eigenvalue weighted by molar-refractivity contribution is -0.137. The molecule has 6 rings (SSSR count). The zero-order valence-corrected chi connectivity index (χ0v) is 25.6. The average molecular weight is 668 g/mol. The molecule has 0 saturated carbocycles. The van der Waals surface area contributed by atoms with Crippen LogP contribution in [0.1, 0.15) is 19.4 Å². The molecule has 1 N–H and O–H groups in total. The monoisotopic (exact) mass is 667 g/mol. The van der Waals surface area contributed by atoms with E-state index < -0.39 is 56.7 Å². The van der Waals surface area contributed by atoms with Crippen molar-refractivity contribution in [1.29, 1.82) is 0 Å². The number of aromatic nitrogens is 3. The number of anilines is 1. The van der Waals surface area contributed by atoms with E-state index in [1.165, 1.54) is 15.5 Å². The lowest BCUT2D eigenvalue weighted by Gasteiger charge is -2.35. The van der Waals surface area contributed by atoms with Gasteiger partial charge in [-0.2, -0.15) is 18.2 Å². The molecule has 1 amide bonds. The number of aromatic amines is 1. The highest BCUT2D eigenvalue weighted by atomic mass is 32.2. The fourth-order valence-corrected chi connectivity index (χ4v) is 7.87. The topological polar surface area (TPSA) is 101 Å². The highest BCUT2D eigenvalue weighted by Gasteiger charge is 2.40. The van der Waals surface area contributed by atoms with Crippen LogP contribution in [-0.2, 0) is 22.3 Å². The van der Waals surface area contributed by atoms with Crippen LogP contribution in [0.2, 0.25) is 0 Å². The van der Waals surface area contributed by atoms with Crippen molar-refractivity contribution < 1.29 is 31.5 Å². The lowest BCUT2D eigenvalue weighted by Crippen LogP contribution is -2.49. The summed E-state index contributed by atoms with van der Waals surface area (Å²) in [6.07, 6.45) is -4.77. The molecule has 1 fully saturated rings. The molecule has 4 heterocycles. The van der Waals surface area contributed by atoms with Gasteiger partial charge in [-0.25, -0.2) is 13.6 Å². The Kier molecular flexibility index (Phi) is 8.02. The Morgan fingerprint density at radius 2 is 1.84 bits per heavy atom. The number of benzene rings is 2. The largest absolute Gasteiger partial charge is 0.417 e. The van der Waals surface area contributed by atoms with Gasteiger partial charge in [0.25, 0.3) is 0 Å². The van der Waals surface area contributed by atoms with Crippen molar-refractivity contribution in [2.24, 2.45) is 0 Å². The lowest BCUT2D eigenvalue weighted by atomic mass is 9.95. The van der Waals surface area contributed by atoms with E-state index in [0.29, 0.717) is 17.4 Å². The van der Waals surface area contributed by atoms with Gasteiger partial charge < -0.3 is 19.5 Å². The van der Waals surface area contributed by atoms with E-state index in [0.717, 1.165) is 17.8 Å². The average Bonchev–Trinajstić information content (AvgIpc) is 3.27. The Balaban J connectivity index is 1.69. The number of amides is 1. The third-order valence-electron chi connectivity index (χ3n) is 7.69. The summed E-state index contributed by atoms with van der Waals surface area (Å²) in [6.45, 7) is 7.81. The summed E-state index contributed by atoms with van der Waals surface area (Å²) in [6, 6.07) is 1.29. The number of H-pyrrole nitrogens is 1. The summed E-state index contributed by atoms with van der Waals surface area (Å²) in [4.78, 5) is 46.9. The molecule has 1 unspecified atom stereocenters. The minimum atomic E-state index is -5.04. The van der Waals surface area contributed by atoms with E-state index in [2.05, 4.69) is 16.5 Å². The Labute approximate surface area is 260 Å². The van der Waals surface area contributed by atoms with Crippen molar-refractivity contribution in [2.75, 3.05) is 36.8 Å². The number of thioether (sulfide) groups is 1. The molecule has 0 aliphatic carbocycles. The first kappa shape index (κ1) is 31.2. The molecule has 4 aromatic rings. The van der Waals surface area contributed by atoms with Crippen LogP contribution in [0.4, 0.5) is 27.8 Å². The van der Waals surface area contributed by atoms with Gasteiger partial charge in [-0.3, -0.25) is 14.2 Å². The van der Waals surface area contributed by atoms with Crippen LogP contribution < -0.4 is 15.5 Å². The van der Waals surface area contributed by atoms with Gasteiger partial charge >= 0.3 is 16.7 Å². The Hall–Kier alpha value is -3.76. The molecule has 238 valence electrons. The highest BCUT2D eigenvalue weighted by molar-refractivity contribution is 7.99. The maximum absolute atomic E-state index is 15.7. The van der Waals surface area contributed by atoms with E-state index in [4.69, 9.17) is 4.74 Å². The molecular weight excluding hydrogens is 641 g/mol. The predicted molar refractivity (Wildman–Crippen MR) is 162 cm³/mol. The second-order valence-corrected chi connectivity index (χ2v) is 12.9. The van der Waals surface area contributed by atoms with Crippen molar-refractivity contribution in [3.05, 3.63) is 62.1 Å². The summed E-state index contributed by atoms with van der Waals surface area (Å²) in [5.41, 5.74) is -3.55. The smallest absolute Gasteiger partial charge is 0.373 e. The van der Waals surface area contributed by atoms with Gasteiger partial charge in [-0.05, 0) is 26.0 Å². The zero-order chi connectivity index (χ0) is 32.4. The van der Waals surface area contributed by atoms with Crippen molar-refractivity contribution in [2.45, 2.75) is 43.7 Å². The maximum Gasteiger partial charge on any atom is 0.417 e. The number of nitrogens with zero attached hydrogens (tertiary/aromatic N) is 4. The number of fused-ring (bicyclic) bond motifs is 1. The molecule has 0 bridgehead atoms. The van der Waals surface area contributed by atoms with Gasteiger partial charge in [0.15, 0.2) is 0 Å². The fraction of sp³-hybridized carbons (Fsp3) is 0.379. The minimum Gasteiger partial charge on any atom is -0.373 e. The van der Waals surface area contributed by atoms with E-state index >= 15 is 17.6 Å². The number of halogens is 5. The number of ether oxygens (including phenoxy) is 1. The first-order chi connectivity index (χ1) is 21.3. The summed E-state index contributed by atoms with van der Waals surface area (Å²) in [7, 11) is 0. The number of nitrogens with one attached hydrogen (secondary N) is 1. The van der Waals surface area contributed by atoms with Gasteiger partial charge in [0.1, 0.15) is 17.5 Å². The second-order valence-electron chi connectivity index (χ2n) is 10.9. The number of hydrogen-bond donors (Lipinski definition) is 1. The van der Waals surface area contributed by atoms with Gasteiger partial charge in [0, 0.05) is 59.4 Å². The van der Waals surface area contributed by atoms with Gasteiger partial charge in [0.2, 0.25) is 5.91 Å². The summed E-state index contributed by atoms with van der Waals surface area (Å²) >= 11 is 1.38. The molecule has 16 heteroatoms. The molecule has 45 heavy (non-hydrogen) atoms. The number of thiazole rings is 1. The first-order valence-electron chi connectivity index (χ1n) is 13.9. The Morgan fingerprint density at radius 3 is 2.49 bits per heavy atom. The fourth-order valence-electron chi connectivity index (χ4n) is 5.87. The second kappa shape index (κ2) is 11.6. The number of rotatable bonds is 5. The van der Waals surface area contributed by atoms with Crippen molar-refractivity contribution in [3.63, 3.8) is 0 Å². The van der Waals surface area contributed by atoms with Crippen LogP contribution >= 0.6 is 23.1 Å². The van der Waals surface area contributed by atoms with Gasteiger partial charge in [-0.1, -0.05) is 17.9 Å². The maximum atomic E-state index is 15.7. The number of carbonyl (C=O) groups excluding carboxylic acids is 1. The van der Waals surface area contributed by atoms with Crippen molar-refractivity contribution in [3.8, 4) is 11.1 Å². The highest BCUT2D eigenvalue weighted by Crippen LogP contribution is 2.50. The van der Waals surface area contributed by atoms with E-state index in [1.54, 1.807) is 18.7 Å². The molecule has 0 radical (unpaired) electrons. The van der Waals surface area contributed by atoms with E-state index in [1.807, 2.05) is 0 Å². The normalized spacial score (nSPS) is 17.4. The van der Waals surface area contributed by atoms with Crippen LogP contribution in [0, 0.1) is 11.6 Å². The number of hydrogen-bond acceptors (Lipinski definition) is 8. The van der Waals surface area contributed by atoms with E-state index in [-0.39, 0.29) is 76.8 Å². The molecule has 0 spiro atoms. The Bertz CT molecular complexity index is 1980. The van der Waals surface area contributed by atoms with Crippen LogP contribution in [0.5, 0.6) is 0 Å². The third-order valence-corrected chi connectivity index (χ3v) is 9.81. The summed E-state index contributed by atoms with van der Waals surface area (Å²) in [5.74, 6) is -2.60. The van der Waals surface area contributed by atoms with E-state index in [9.17, 15) is 18.8 Å². The molecule has 2 aromatic carbocycles. The molecular formula is C29H26F5N5O4S2. The first-order valence-corrected chi connectivity index (χ1v) is 15.7. The van der Waals surface area contributed by atoms with Gasteiger partial charge in [0.05, 0.1) is 40.0 Å². The predicted octanol–water partition coefficient (Wildman–Crippen LogP) is 5.00.